The highest BCUT2D eigenvalue weighted by molar-refractivity contribution is 5.96. The van der Waals surface area contributed by atoms with Crippen molar-refractivity contribution >= 4 is 41.5 Å². The van der Waals surface area contributed by atoms with Crippen LogP contribution >= 0.6 is 0 Å². The zero-order valence-corrected chi connectivity index (χ0v) is 36.0. The lowest BCUT2D eigenvalue weighted by atomic mass is 9.46. The number of esters is 5. The summed E-state index contributed by atoms with van der Waals surface area (Å²) in [7, 11) is 0. The molecule has 1 amide bonds. The Hall–Kier alpha value is -5.93. The van der Waals surface area contributed by atoms with Crippen molar-refractivity contribution in [2.24, 2.45) is 28.6 Å². The van der Waals surface area contributed by atoms with Crippen LogP contribution in [0.2, 0.25) is 0 Å². The van der Waals surface area contributed by atoms with Crippen LogP contribution in [0.4, 0.5) is 0 Å². The summed E-state index contributed by atoms with van der Waals surface area (Å²) in [5.41, 5.74) is -3.70. The van der Waals surface area contributed by atoms with Gasteiger partial charge in [-0.15, -0.1) is 0 Å². The van der Waals surface area contributed by atoms with Crippen LogP contribution in [0, 0.1) is 28.6 Å². The highest BCUT2D eigenvalue weighted by Gasteiger charge is 2.75. The van der Waals surface area contributed by atoms with Gasteiger partial charge in [0.1, 0.15) is 24.4 Å². The predicted molar refractivity (Wildman–Crippen MR) is 222 cm³/mol. The molecule has 2 N–H and O–H groups in total. The van der Waals surface area contributed by atoms with E-state index in [4.69, 9.17) is 28.4 Å². The Labute approximate surface area is 365 Å². The minimum atomic E-state index is -1.86. The highest BCUT2D eigenvalue weighted by Crippen LogP contribution is 2.62. The van der Waals surface area contributed by atoms with E-state index in [2.05, 4.69) is 5.32 Å². The summed E-state index contributed by atoms with van der Waals surface area (Å²) in [6.07, 6.45) is 0.373. The Morgan fingerprint density at radius 2 is 1.52 bits per heavy atom. The van der Waals surface area contributed by atoms with Gasteiger partial charge in [-0.05, 0) is 54.5 Å². The van der Waals surface area contributed by atoms with Crippen LogP contribution < -0.4 is 5.32 Å². The van der Waals surface area contributed by atoms with E-state index < -0.39 is 118 Å². The lowest BCUT2D eigenvalue weighted by Crippen LogP contribution is -2.79. The fourth-order valence-corrected chi connectivity index (χ4v) is 10.3. The first-order chi connectivity index (χ1) is 29.9. The first-order valence-corrected chi connectivity index (χ1v) is 21.1. The molecule has 2 bridgehead atoms. The largest absolute Gasteiger partial charge is 0.461 e. The molecule has 0 radical (unpaired) electrons. The Bertz CT molecular complexity index is 2230. The number of rotatable bonds is 11. The third-order valence-electron chi connectivity index (χ3n) is 13.4. The van der Waals surface area contributed by atoms with Crippen molar-refractivity contribution in [2.45, 2.75) is 109 Å². The molecule has 4 aliphatic carbocycles. The highest BCUT2D eigenvalue weighted by atomic mass is 16.6. The maximum Gasteiger partial charge on any atom is 0.350 e. The van der Waals surface area contributed by atoms with Crippen LogP contribution in [0.3, 0.4) is 0 Å². The van der Waals surface area contributed by atoms with Gasteiger partial charge >= 0.3 is 29.8 Å². The minimum Gasteiger partial charge on any atom is -0.461 e. The van der Waals surface area contributed by atoms with E-state index in [1.54, 1.807) is 92.7 Å². The molecule has 7 rings (SSSR count). The minimum absolute atomic E-state index is 0.0783. The molecule has 2 aromatic rings. The average molecular weight is 868 g/mol. The van der Waals surface area contributed by atoms with Gasteiger partial charge in [0.25, 0.3) is 5.91 Å². The van der Waals surface area contributed by atoms with Gasteiger partial charge in [0.2, 0.25) is 6.10 Å². The van der Waals surface area contributed by atoms with E-state index in [1.165, 1.54) is 19.9 Å². The number of amides is 1. The molecule has 1 aliphatic heterocycles. The van der Waals surface area contributed by atoms with Crippen LogP contribution in [0.15, 0.2) is 96.6 Å². The molecule has 15 heteroatoms. The summed E-state index contributed by atoms with van der Waals surface area (Å²) in [5, 5.41) is 14.9. The summed E-state index contributed by atoms with van der Waals surface area (Å²) >= 11 is 0. The molecule has 2 aromatic carbocycles. The second-order valence-corrected chi connectivity index (χ2v) is 17.7. The average Bonchev–Trinajstić information content (AvgIpc) is 3.24. The Balaban J connectivity index is 1.36. The van der Waals surface area contributed by atoms with Crippen molar-refractivity contribution in [2.75, 3.05) is 6.61 Å². The van der Waals surface area contributed by atoms with E-state index in [1.807, 2.05) is 6.08 Å². The van der Waals surface area contributed by atoms with Crippen molar-refractivity contribution < 1.29 is 67.1 Å². The summed E-state index contributed by atoms with van der Waals surface area (Å²) < 4.78 is 36.4. The molecule has 0 aromatic heterocycles. The molecule has 12 atom stereocenters. The predicted octanol–water partition coefficient (Wildman–Crippen LogP) is 4.62. The molecule has 334 valence electrons. The number of hydrogen-bond donors (Lipinski definition) is 2. The first kappa shape index (κ1) is 45.1. The monoisotopic (exact) mass is 867 g/mol. The fraction of sp³-hybridized carbons (Fsp3) is 0.479. The van der Waals surface area contributed by atoms with Crippen molar-refractivity contribution in [1.82, 2.24) is 5.32 Å². The van der Waals surface area contributed by atoms with E-state index in [-0.39, 0.29) is 30.6 Å². The van der Waals surface area contributed by atoms with Gasteiger partial charge in [0.05, 0.1) is 30.0 Å². The van der Waals surface area contributed by atoms with Gasteiger partial charge in [0, 0.05) is 38.7 Å². The number of carbonyl (C=O) groups excluding carboxylic acids is 7. The van der Waals surface area contributed by atoms with Crippen molar-refractivity contribution in [3.63, 3.8) is 0 Å². The maximum absolute atomic E-state index is 15.4. The molecule has 15 nitrogen and oxygen atoms in total. The number of fused-ring (bicyclic) bond motifs is 5. The van der Waals surface area contributed by atoms with Gasteiger partial charge in [-0.25, -0.2) is 4.79 Å². The number of benzene rings is 2. The zero-order chi connectivity index (χ0) is 45.4. The SMILES string of the molecule is CC(=O)O[C@H]1C(=O)[C@@]2(C)[C@H]([C@H](OC(=O)C3C=CC=CC3)C3CC(OC(=O)[C@H](OC(C)=O)[C@@H](NC(=O)c4ccccc4)c4ccccc4)C=C1C3(C)C)[C@]1(OC(C)=O)CO[C@@H]1C[C@@H]2O. The standard InChI is InChI=1S/C48H53NO14/c1-26(50)59-39-34-23-32(61-45(57)40(60-27(2)51)37(29-16-10-7-11-17-29)49-43(55)30-18-12-8-13-19-30)22-33(46(34,4)5)38(62-44(56)31-20-14-9-15-21-31)41-47(6,42(39)54)35(53)24-36-48(41,25-58-36)63-28(3)52/h7-20,23,31-33,35-41,53H,21-22,24-25H2,1-6H3,(H,49,55)/t31?,32?,33?,35-,36+,37-,38+,39+,40+,41-,47+,48-/m0/s1. The van der Waals surface area contributed by atoms with Gasteiger partial charge in [-0.1, -0.05) is 86.7 Å². The maximum atomic E-state index is 15.4. The molecule has 63 heavy (non-hydrogen) atoms. The molecule has 1 heterocycles. The molecule has 1 saturated heterocycles. The first-order valence-electron chi connectivity index (χ1n) is 21.1. The lowest BCUT2D eigenvalue weighted by Gasteiger charge is -2.65. The number of carbonyl (C=O) groups is 7. The van der Waals surface area contributed by atoms with Gasteiger partial charge in [-0.2, -0.15) is 0 Å². The van der Waals surface area contributed by atoms with Gasteiger partial charge < -0.3 is 38.8 Å². The van der Waals surface area contributed by atoms with E-state index in [0.29, 0.717) is 12.0 Å². The molecule has 5 aliphatic rings. The number of allylic oxidation sites excluding steroid dienone is 3. The molecule has 2 saturated carbocycles. The number of aliphatic hydroxyl groups is 1. The lowest BCUT2D eigenvalue weighted by molar-refractivity contribution is -0.336. The number of nitrogens with one attached hydrogen (secondary N) is 1. The summed E-state index contributed by atoms with van der Waals surface area (Å²) in [5.74, 6) is -8.24. The molecule has 0 spiro atoms. The molecular formula is C48H53NO14. The van der Waals surface area contributed by atoms with Crippen molar-refractivity contribution in [3.05, 3.63) is 108 Å². The normalized spacial score (nSPS) is 32.2. The number of aliphatic hydroxyl groups excluding tert-OH is 1. The van der Waals surface area contributed by atoms with E-state index in [9.17, 15) is 33.9 Å². The van der Waals surface area contributed by atoms with Gasteiger partial charge in [0.15, 0.2) is 17.5 Å². The second kappa shape index (κ2) is 17.7. The molecule has 3 fully saturated rings. The summed E-state index contributed by atoms with van der Waals surface area (Å²) in [6.45, 7) is 8.36. The zero-order valence-electron chi connectivity index (χ0n) is 36.0. The van der Waals surface area contributed by atoms with Crippen LogP contribution in [-0.4, -0.2) is 95.5 Å². The topological polar surface area (TPSA) is 207 Å². The fourth-order valence-electron chi connectivity index (χ4n) is 10.3. The Morgan fingerprint density at radius 3 is 2.11 bits per heavy atom. The number of hydrogen-bond acceptors (Lipinski definition) is 14. The molecular weight excluding hydrogens is 815 g/mol. The van der Waals surface area contributed by atoms with Crippen LogP contribution in [0.5, 0.6) is 0 Å². The van der Waals surface area contributed by atoms with Crippen molar-refractivity contribution in [3.8, 4) is 0 Å². The quantitative estimate of drug-likeness (QED) is 0.180. The number of ether oxygens (including phenoxy) is 6. The van der Waals surface area contributed by atoms with Crippen LogP contribution in [-0.2, 0) is 57.2 Å². The molecule has 3 unspecified atom stereocenters. The Kier molecular flexibility index (Phi) is 12.7. The van der Waals surface area contributed by atoms with Crippen LogP contribution in [0.1, 0.15) is 82.8 Å². The van der Waals surface area contributed by atoms with E-state index in [0.717, 1.165) is 13.8 Å². The van der Waals surface area contributed by atoms with Gasteiger partial charge in [-0.3, -0.25) is 28.8 Å². The summed E-state index contributed by atoms with van der Waals surface area (Å²) in [6, 6.07) is 15.4. The number of ketones is 1. The Morgan fingerprint density at radius 1 is 0.841 bits per heavy atom. The summed E-state index contributed by atoms with van der Waals surface area (Å²) in [4.78, 5) is 96.7. The second-order valence-electron chi connectivity index (χ2n) is 17.7. The van der Waals surface area contributed by atoms with Crippen molar-refractivity contribution in [1.29, 1.82) is 0 Å². The number of Topliss-reactive ketones (excluding diaryl/α,β-unsaturated/α-hetero) is 1. The van der Waals surface area contributed by atoms with Crippen LogP contribution in [0.25, 0.3) is 0 Å². The smallest absolute Gasteiger partial charge is 0.350 e. The third kappa shape index (κ3) is 8.48. The van der Waals surface area contributed by atoms with E-state index >= 15 is 4.79 Å². The third-order valence-corrected chi connectivity index (χ3v) is 13.4.